The molecular formula is C24H36O2. The third-order valence-corrected chi connectivity index (χ3v) is 6.73. The fraction of sp³-hybridized carbons (Fsp3) is 0.708. The van der Waals surface area contributed by atoms with Crippen LogP contribution in [0.4, 0.5) is 0 Å². The first kappa shape index (κ1) is 19.5. The first-order valence-electron chi connectivity index (χ1n) is 11.0. The van der Waals surface area contributed by atoms with Crippen LogP contribution < -0.4 is 0 Å². The van der Waals surface area contributed by atoms with Crippen LogP contribution in [0.5, 0.6) is 0 Å². The fourth-order valence-electron chi connectivity index (χ4n) is 4.92. The van der Waals surface area contributed by atoms with Crippen molar-refractivity contribution in [1.82, 2.24) is 0 Å². The van der Waals surface area contributed by atoms with Gasteiger partial charge in [0.1, 0.15) is 6.10 Å². The number of rotatable bonds is 7. The Labute approximate surface area is 159 Å². The van der Waals surface area contributed by atoms with Gasteiger partial charge in [0.05, 0.1) is 5.92 Å². The second kappa shape index (κ2) is 9.58. The molecule has 2 unspecified atom stereocenters. The minimum absolute atomic E-state index is 0.0714. The summed E-state index contributed by atoms with van der Waals surface area (Å²) in [4.78, 5) is 12.5. The molecule has 1 aliphatic heterocycles. The highest BCUT2D eigenvalue weighted by Crippen LogP contribution is 2.38. The quantitative estimate of drug-likeness (QED) is 0.551. The molecule has 1 aromatic rings. The Kier molecular flexibility index (Phi) is 7.16. The molecule has 1 saturated heterocycles. The monoisotopic (exact) mass is 356 g/mol. The Balaban J connectivity index is 1.42. The molecular weight excluding hydrogens is 320 g/mol. The van der Waals surface area contributed by atoms with Gasteiger partial charge in [0.15, 0.2) is 0 Å². The third-order valence-electron chi connectivity index (χ3n) is 6.73. The van der Waals surface area contributed by atoms with E-state index in [9.17, 15) is 4.79 Å². The van der Waals surface area contributed by atoms with Crippen molar-refractivity contribution in [2.45, 2.75) is 90.6 Å². The number of hydrogen-bond acceptors (Lipinski definition) is 2. The van der Waals surface area contributed by atoms with Crippen molar-refractivity contribution >= 4 is 5.97 Å². The van der Waals surface area contributed by atoms with Gasteiger partial charge in [-0.2, -0.15) is 0 Å². The maximum absolute atomic E-state index is 12.5. The van der Waals surface area contributed by atoms with Gasteiger partial charge in [0.2, 0.25) is 0 Å². The van der Waals surface area contributed by atoms with Gasteiger partial charge in [-0.25, -0.2) is 0 Å². The van der Waals surface area contributed by atoms with Crippen molar-refractivity contribution in [3.8, 4) is 0 Å². The summed E-state index contributed by atoms with van der Waals surface area (Å²) in [7, 11) is 0. The van der Waals surface area contributed by atoms with Crippen molar-refractivity contribution in [3.05, 3.63) is 35.4 Å². The summed E-state index contributed by atoms with van der Waals surface area (Å²) in [6, 6.07) is 8.84. The number of esters is 1. The topological polar surface area (TPSA) is 26.3 Å². The van der Waals surface area contributed by atoms with Gasteiger partial charge in [-0.05, 0) is 67.9 Å². The molecule has 0 amide bonds. The Morgan fingerprint density at radius 1 is 0.885 bits per heavy atom. The Morgan fingerprint density at radius 3 is 2.19 bits per heavy atom. The SMILES string of the molecule is CCC[C@H]1CC[C@H](C2CCC(CCc3ccc(CC)cc3)C(=O)O2)CC1. The number of cyclic esters (lactones) is 1. The summed E-state index contributed by atoms with van der Waals surface area (Å²) in [5, 5.41) is 0. The molecule has 1 heterocycles. The van der Waals surface area contributed by atoms with Gasteiger partial charge in [0, 0.05) is 0 Å². The van der Waals surface area contributed by atoms with Crippen molar-refractivity contribution in [1.29, 1.82) is 0 Å². The summed E-state index contributed by atoms with van der Waals surface area (Å²) in [6.07, 6.45) is 13.2. The highest BCUT2D eigenvalue weighted by Gasteiger charge is 2.35. The number of carbonyl (C=O) groups excluding carboxylic acids is 1. The maximum atomic E-state index is 12.5. The molecule has 144 valence electrons. The van der Waals surface area contributed by atoms with Gasteiger partial charge < -0.3 is 4.74 Å². The smallest absolute Gasteiger partial charge is 0.309 e. The van der Waals surface area contributed by atoms with Gasteiger partial charge in [0.25, 0.3) is 0 Å². The lowest BCUT2D eigenvalue weighted by molar-refractivity contribution is -0.165. The van der Waals surface area contributed by atoms with E-state index in [0.717, 1.165) is 38.0 Å². The first-order chi connectivity index (χ1) is 12.7. The van der Waals surface area contributed by atoms with Gasteiger partial charge in [-0.3, -0.25) is 4.79 Å². The highest BCUT2D eigenvalue weighted by molar-refractivity contribution is 5.73. The van der Waals surface area contributed by atoms with Gasteiger partial charge >= 0.3 is 5.97 Å². The molecule has 1 aromatic carbocycles. The molecule has 0 radical (unpaired) electrons. The molecule has 1 saturated carbocycles. The van der Waals surface area contributed by atoms with Crippen LogP contribution in [0.1, 0.15) is 82.8 Å². The summed E-state index contributed by atoms with van der Waals surface area (Å²) in [5.41, 5.74) is 2.72. The fourth-order valence-corrected chi connectivity index (χ4v) is 4.92. The van der Waals surface area contributed by atoms with E-state index in [4.69, 9.17) is 4.74 Å². The molecule has 3 rings (SSSR count). The average molecular weight is 357 g/mol. The van der Waals surface area contributed by atoms with Crippen LogP contribution in [0.25, 0.3) is 0 Å². The molecule has 0 bridgehead atoms. The average Bonchev–Trinajstić information content (AvgIpc) is 2.68. The molecule has 2 nitrogen and oxygen atoms in total. The predicted molar refractivity (Wildman–Crippen MR) is 107 cm³/mol. The van der Waals surface area contributed by atoms with E-state index in [1.165, 1.54) is 49.7 Å². The lowest BCUT2D eigenvalue weighted by atomic mass is 9.75. The molecule has 2 heteroatoms. The number of carbonyl (C=O) groups is 1. The zero-order valence-corrected chi connectivity index (χ0v) is 16.7. The summed E-state index contributed by atoms with van der Waals surface area (Å²) in [5.74, 6) is 1.72. The van der Waals surface area contributed by atoms with Crippen molar-refractivity contribution in [3.63, 3.8) is 0 Å². The minimum Gasteiger partial charge on any atom is -0.462 e. The van der Waals surface area contributed by atoms with E-state index in [2.05, 4.69) is 38.1 Å². The van der Waals surface area contributed by atoms with Crippen LogP contribution in [-0.2, 0) is 22.4 Å². The molecule has 0 spiro atoms. The van der Waals surface area contributed by atoms with Gasteiger partial charge in [-0.1, -0.05) is 63.8 Å². The van der Waals surface area contributed by atoms with Crippen molar-refractivity contribution in [2.75, 3.05) is 0 Å². The molecule has 2 atom stereocenters. The van der Waals surface area contributed by atoms with Crippen LogP contribution in [0.2, 0.25) is 0 Å². The summed E-state index contributed by atoms with van der Waals surface area (Å²) in [6.45, 7) is 4.47. The third kappa shape index (κ3) is 5.11. The first-order valence-corrected chi connectivity index (χ1v) is 11.0. The number of hydrogen-bond donors (Lipinski definition) is 0. The van der Waals surface area contributed by atoms with Crippen molar-refractivity contribution < 1.29 is 9.53 Å². The van der Waals surface area contributed by atoms with E-state index >= 15 is 0 Å². The lowest BCUT2D eigenvalue weighted by Gasteiger charge is -2.37. The van der Waals surface area contributed by atoms with E-state index in [-0.39, 0.29) is 18.0 Å². The zero-order valence-electron chi connectivity index (χ0n) is 16.7. The van der Waals surface area contributed by atoms with Gasteiger partial charge in [-0.15, -0.1) is 0 Å². The number of ether oxygens (including phenoxy) is 1. The highest BCUT2D eigenvalue weighted by atomic mass is 16.5. The molecule has 0 N–H and O–H groups in total. The Bertz CT molecular complexity index is 554. The van der Waals surface area contributed by atoms with E-state index in [1.807, 2.05) is 0 Å². The second-order valence-corrected chi connectivity index (χ2v) is 8.53. The largest absolute Gasteiger partial charge is 0.462 e. The second-order valence-electron chi connectivity index (χ2n) is 8.53. The minimum atomic E-state index is 0.0714. The van der Waals surface area contributed by atoms with E-state index < -0.39 is 0 Å². The molecule has 2 aliphatic rings. The Morgan fingerprint density at radius 2 is 1.58 bits per heavy atom. The van der Waals surface area contributed by atoms with E-state index in [1.54, 1.807) is 0 Å². The summed E-state index contributed by atoms with van der Waals surface area (Å²) < 4.78 is 5.92. The van der Waals surface area contributed by atoms with Crippen LogP contribution in [0.15, 0.2) is 24.3 Å². The normalized spacial score (nSPS) is 29.4. The number of aryl methyl sites for hydroxylation is 2. The van der Waals surface area contributed by atoms with Crippen molar-refractivity contribution in [2.24, 2.45) is 17.8 Å². The van der Waals surface area contributed by atoms with Crippen LogP contribution >= 0.6 is 0 Å². The zero-order chi connectivity index (χ0) is 18.4. The molecule has 1 aliphatic carbocycles. The maximum Gasteiger partial charge on any atom is 0.309 e. The van der Waals surface area contributed by atoms with E-state index in [0.29, 0.717) is 5.92 Å². The lowest BCUT2D eigenvalue weighted by Crippen LogP contribution is -2.37. The molecule has 26 heavy (non-hydrogen) atoms. The van der Waals surface area contributed by atoms with Crippen LogP contribution in [-0.4, -0.2) is 12.1 Å². The number of benzene rings is 1. The van der Waals surface area contributed by atoms with Crippen LogP contribution in [0, 0.1) is 17.8 Å². The summed E-state index contributed by atoms with van der Waals surface area (Å²) >= 11 is 0. The molecule has 0 aromatic heterocycles. The van der Waals surface area contributed by atoms with Crippen LogP contribution in [0.3, 0.4) is 0 Å². The molecule has 2 fully saturated rings. The Hall–Kier alpha value is -1.31. The predicted octanol–water partition coefficient (Wildman–Crippen LogP) is 6.11. The standard InChI is InChI=1S/C24H36O2/c1-3-5-19-10-13-21(14-11-19)23-17-16-22(24(25)26-23)15-12-20-8-6-18(4-2)7-9-20/h6-9,19,21-23H,3-5,10-17H2,1-2H3/t19-,21-,22?,23?.